The van der Waals surface area contributed by atoms with Crippen molar-refractivity contribution in [2.45, 2.75) is 0 Å². The lowest BCUT2D eigenvalue weighted by Crippen LogP contribution is -2.09. The molecule has 184 valence electrons. The smallest absolute Gasteiger partial charge is 0.0468 e. The second-order valence-electron chi connectivity index (χ2n) is 9.86. The normalized spacial score (nSPS) is 11.1. The van der Waals surface area contributed by atoms with E-state index >= 15 is 0 Å². The Balaban J connectivity index is 1.35. The molecule has 0 N–H and O–H groups in total. The first-order valence-corrected chi connectivity index (χ1v) is 13.4. The van der Waals surface area contributed by atoms with Gasteiger partial charge in [-0.15, -0.1) is 0 Å². The highest BCUT2D eigenvalue weighted by Gasteiger charge is 2.15. The number of nitrogens with zero attached hydrogens (tertiary/aromatic N) is 1. The summed E-state index contributed by atoms with van der Waals surface area (Å²) < 4.78 is 0. The van der Waals surface area contributed by atoms with Crippen molar-refractivity contribution in [1.29, 1.82) is 0 Å². The van der Waals surface area contributed by atoms with E-state index in [9.17, 15) is 0 Å². The zero-order valence-corrected chi connectivity index (χ0v) is 21.5. The van der Waals surface area contributed by atoms with E-state index in [1.54, 1.807) is 0 Å². The molecule has 7 aromatic carbocycles. The second-order valence-corrected chi connectivity index (χ2v) is 9.86. The van der Waals surface area contributed by atoms with Gasteiger partial charge in [-0.1, -0.05) is 115 Å². The Hall–Kier alpha value is -5.14. The average Bonchev–Trinajstić information content (AvgIpc) is 3.02. The summed E-state index contributed by atoms with van der Waals surface area (Å²) in [6.07, 6.45) is 0. The Labute approximate surface area is 229 Å². The fourth-order valence-corrected chi connectivity index (χ4v) is 5.47. The third-order valence-electron chi connectivity index (χ3n) is 7.41. The van der Waals surface area contributed by atoms with Crippen LogP contribution in [0.5, 0.6) is 0 Å². The summed E-state index contributed by atoms with van der Waals surface area (Å²) in [6, 6.07) is 58.7. The summed E-state index contributed by atoms with van der Waals surface area (Å²) in [4.78, 5) is 2.33. The van der Waals surface area contributed by atoms with Gasteiger partial charge in [0.1, 0.15) is 0 Å². The van der Waals surface area contributed by atoms with Gasteiger partial charge in [0.15, 0.2) is 0 Å². The molecule has 0 aliphatic heterocycles. The molecule has 0 aliphatic carbocycles. The van der Waals surface area contributed by atoms with E-state index in [1.165, 1.54) is 43.8 Å². The Morgan fingerprint density at radius 3 is 1.33 bits per heavy atom. The van der Waals surface area contributed by atoms with E-state index in [-0.39, 0.29) is 0 Å². The molecule has 1 nitrogen and oxygen atoms in total. The van der Waals surface area contributed by atoms with Crippen LogP contribution in [0.4, 0.5) is 17.1 Å². The SMILES string of the molecule is c1ccc(-c2cc3ccccc3cc2-c2ccc(N(c3ccccc3)c3ccc4ccccc4c3)cc2)cc1. The van der Waals surface area contributed by atoms with Crippen molar-refractivity contribution >= 4 is 38.6 Å². The maximum atomic E-state index is 2.33. The van der Waals surface area contributed by atoms with Gasteiger partial charge in [0, 0.05) is 17.1 Å². The Morgan fingerprint density at radius 2 is 0.718 bits per heavy atom. The molecule has 0 saturated carbocycles. The summed E-state index contributed by atoms with van der Waals surface area (Å²) in [6.45, 7) is 0. The van der Waals surface area contributed by atoms with E-state index < -0.39 is 0 Å². The lowest BCUT2D eigenvalue weighted by molar-refractivity contribution is 1.29. The number of hydrogen-bond acceptors (Lipinski definition) is 1. The monoisotopic (exact) mass is 497 g/mol. The predicted octanol–water partition coefficient (Wildman–Crippen LogP) is 10.8. The number of benzene rings is 7. The van der Waals surface area contributed by atoms with Crippen LogP contribution in [0.2, 0.25) is 0 Å². The van der Waals surface area contributed by atoms with Gasteiger partial charge in [0.2, 0.25) is 0 Å². The molecule has 0 saturated heterocycles. The van der Waals surface area contributed by atoms with Gasteiger partial charge in [-0.2, -0.15) is 0 Å². The van der Waals surface area contributed by atoms with E-state index in [4.69, 9.17) is 0 Å². The Bertz CT molecular complexity index is 1890. The standard InChI is InChI=1S/C38H27N/c1-3-12-29(13-4-1)37-26-32-15-9-10-16-33(32)27-38(37)30-20-22-35(23-21-30)39(34-17-5-2-6-18-34)36-24-19-28-11-7-8-14-31(28)25-36/h1-27H. The molecule has 0 aliphatic rings. The zero-order valence-electron chi connectivity index (χ0n) is 21.5. The number of para-hydroxylation sites is 1. The van der Waals surface area contributed by atoms with Crippen molar-refractivity contribution in [2.75, 3.05) is 4.90 Å². The molecule has 0 radical (unpaired) electrons. The van der Waals surface area contributed by atoms with Crippen molar-refractivity contribution in [3.8, 4) is 22.3 Å². The maximum Gasteiger partial charge on any atom is 0.0468 e. The van der Waals surface area contributed by atoms with E-state index in [1.807, 2.05) is 0 Å². The number of hydrogen-bond donors (Lipinski definition) is 0. The summed E-state index contributed by atoms with van der Waals surface area (Å²) >= 11 is 0. The largest absolute Gasteiger partial charge is 0.310 e. The van der Waals surface area contributed by atoms with Crippen LogP contribution in [-0.4, -0.2) is 0 Å². The molecule has 7 aromatic rings. The van der Waals surface area contributed by atoms with Crippen molar-refractivity contribution in [1.82, 2.24) is 0 Å². The number of fused-ring (bicyclic) bond motifs is 2. The third kappa shape index (κ3) is 4.45. The fourth-order valence-electron chi connectivity index (χ4n) is 5.47. The molecule has 0 fully saturated rings. The molecule has 0 atom stereocenters. The fraction of sp³-hybridized carbons (Fsp3) is 0. The van der Waals surface area contributed by atoms with E-state index in [0.717, 1.165) is 17.1 Å². The molecule has 0 amide bonds. The van der Waals surface area contributed by atoms with Crippen LogP contribution in [0.15, 0.2) is 164 Å². The molecule has 0 unspecified atom stereocenters. The molecule has 0 spiro atoms. The number of rotatable bonds is 5. The Morgan fingerprint density at radius 1 is 0.282 bits per heavy atom. The van der Waals surface area contributed by atoms with Crippen LogP contribution in [0.25, 0.3) is 43.8 Å². The molecule has 0 aromatic heterocycles. The highest BCUT2D eigenvalue weighted by Crippen LogP contribution is 2.39. The highest BCUT2D eigenvalue weighted by molar-refractivity contribution is 5.97. The first-order chi connectivity index (χ1) is 19.3. The third-order valence-corrected chi connectivity index (χ3v) is 7.41. The second kappa shape index (κ2) is 9.96. The maximum absolute atomic E-state index is 2.33. The minimum Gasteiger partial charge on any atom is -0.310 e. The zero-order chi connectivity index (χ0) is 26.0. The summed E-state index contributed by atoms with van der Waals surface area (Å²) in [5.74, 6) is 0. The lowest BCUT2D eigenvalue weighted by Gasteiger charge is -2.26. The molecular weight excluding hydrogens is 470 g/mol. The van der Waals surface area contributed by atoms with E-state index in [0.29, 0.717) is 0 Å². The first-order valence-electron chi connectivity index (χ1n) is 13.4. The van der Waals surface area contributed by atoms with Gasteiger partial charge < -0.3 is 4.90 Å². The Kier molecular flexibility index (Phi) is 5.88. The summed E-state index contributed by atoms with van der Waals surface area (Å²) in [7, 11) is 0. The van der Waals surface area contributed by atoms with E-state index in [2.05, 4.69) is 169 Å². The molecule has 7 rings (SSSR count). The molecule has 0 heterocycles. The predicted molar refractivity (Wildman–Crippen MR) is 167 cm³/mol. The minimum absolute atomic E-state index is 1.13. The highest BCUT2D eigenvalue weighted by atomic mass is 15.1. The van der Waals surface area contributed by atoms with Gasteiger partial charge in [-0.25, -0.2) is 0 Å². The molecular formula is C38H27N. The molecule has 39 heavy (non-hydrogen) atoms. The van der Waals surface area contributed by atoms with Gasteiger partial charge in [-0.3, -0.25) is 0 Å². The first kappa shape index (κ1) is 23.0. The van der Waals surface area contributed by atoms with Crippen LogP contribution in [0, 0.1) is 0 Å². The van der Waals surface area contributed by atoms with Gasteiger partial charge in [0.25, 0.3) is 0 Å². The quantitative estimate of drug-likeness (QED) is 0.229. The topological polar surface area (TPSA) is 3.24 Å². The molecule has 0 bridgehead atoms. The van der Waals surface area contributed by atoms with Crippen molar-refractivity contribution in [2.24, 2.45) is 0 Å². The number of anilines is 3. The van der Waals surface area contributed by atoms with Gasteiger partial charge in [-0.05, 0) is 92.3 Å². The van der Waals surface area contributed by atoms with Gasteiger partial charge in [0.05, 0.1) is 0 Å². The van der Waals surface area contributed by atoms with Crippen molar-refractivity contribution in [3.63, 3.8) is 0 Å². The van der Waals surface area contributed by atoms with Crippen LogP contribution in [-0.2, 0) is 0 Å². The lowest BCUT2D eigenvalue weighted by atomic mass is 9.91. The average molecular weight is 498 g/mol. The van der Waals surface area contributed by atoms with Crippen LogP contribution in [0.1, 0.15) is 0 Å². The van der Waals surface area contributed by atoms with Crippen LogP contribution < -0.4 is 4.90 Å². The molecule has 1 heteroatoms. The summed E-state index contributed by atoms with van der Waals surface area (Å²) in [5.41, 5.74) is 8.32. The van der Waals surface area contributed by atoms with Crippen LogP contribution in [0.3, 0.4) is 0 Å². The van der Waals surface area contributed by atoms with Crippen molar-refractivity contribution < 1.29 is 0 Å². The van der Waals surface area contributed by atoms with Gasteiger partial charge >= 0.3 is 0 Å². The minimum atomic E-state index is 1.13. The van der Waals surface area contributed by atoms with Crippen LogP contribution >= 0.6 is 0 Å². The summed E-state index contributed by atoms with van der Waals surface area (Å²) in [5, 5.41) is 4.98. The van der Waals surface area contributed by atoms with Crippen molar-refractivity contribution in [3.05, 3.63) is 164 Å².